The molecule has 0 aliphatic carbocycles. The van der Waals surface area contributed by atoms with Gasteiger partial charge in [0.25, 0.3) is 5.91 Å². The van der Waals surface area contributed by atoms with Gasteiger partial charge in [0.15, 0.2) is 0 Å². The SMILES string of the molecule is CN(CCS(C)(=O)=O)C(C(=O)NN)c1ccccc1. The van der Waals surface area contributed by atoms with E-state index in [1.807, 2.05) is 18.2 Å². The van der Waals surface area contributed by atoms with Gasteiger partial charge < -0.3 is 0 Å². The molecule has 0 spiro atoms. The van der Waals surface area contributed by atoms with Crippen LogP contribution in [0.15, 0.2) is 30.3 Å². The molecular weight excluding hydrogens is 266 g/mol. The van der Waals surface area contributed by atoms with Crippen molar-refractivity contribution in [1.82, 2.24) is 10.3 Å². The molecule has 0 heterocycles. The lowest BCUT2D eigenvalue weighted by molar-refractivity contribution is -0.126. The first-order valence-electron chi connectivity index (χ1n) is 5.78. The summed E-state index contributed by atoms with van der Waals surface area (Å²) in [6.07, 6.45) is 1.17. The first-order valence-corrected chi connectivity index (χ1v) is 7.84. The number of nitrogens with one attached hydrogen (secondary N) is 1. The van der Waals surface area contributed by atoms with Gasteiger partial charge in [0, 0.05) is 12.8 Å². The third kappa shape index (κ3) is 4.98. The Bertz CT molecular complexity index is 516. The van der Waals surface area contributed by atoms with E-state index >= 15 is 0 Å². The molecular formula is C12H19N3O3S. The number of hydrogen-bond acceptors (Lipinski definition) is 5. The number of sulfone groups is 1. The van der Waals surface area contributed by atoms with Crippen LogP contribution in [-0.4, -0.2) is 44.8 Å². The predicted octanol–water partition coefficient (Wildman–Crippen LogP) is -0.306. The third-order valence-corrected chi connectivity index (χ3v) is 3.69. The second kappa shape index (κ2) is 6.65. The van der Waals surface area contributed by atoms with Crippen LogP contribution >= 0.6 is 0 Å². The van der Waals surface area contributed by atoms with Crippen molar-refractivity contribution in [3.8, 4) is 0 Å². The maximum atomic E-state index is 11.9. The molecule has 19 heavy (non-hydrogen) atoms. The van der Waals surface area contributed by atoms with Gasteiger partial charge in [-0.2, -0.15) is 0 Å². The van der Waals surface area contributed by atoms with Crippen LogP contribution in [0.3, 0.4) is 0 Å². The molecule has 7 heteroatoms. The molecule has 1 atom stereocenters. The summed E-state index contributed by atoms with van der Waals surface area (Å²) in [4.78, 5) is 13.5. The van der Waals surface area contributed by atoms with Crippen molar-refractivity contribution in [2.45, 2.75) is 6.04 Å². The fourth-order valence-corrected chi connectivity index (χ4v) is 2.38. The molecule has 3 N–H and O–H groups in total. The van der Waals surface area contributed by atoms with E-state index in [1.165, 1.54) is 6.26 Å². The van der Waals surface area contributed by atoms with Crippen LogP contribution in [0.1, 0.15) is 11.6 Å². The number of carbonyl (C=O) groups excluding carboxylic acids is 1. The molecule has 0 radical (unpaired) electrons. The lowest BCUT2D eigenvalue weighted by Crippen LogP contribution is -2.43. The van der Waals surface area contributed by atoms with Crippen molar-refractivity contribution in [3.05, 3.63) is 35.9 Å². The molecule has 6 nitrogen and oxygen atoms in total. The van der Waals surface area contributed by atoms with Gasteiger partial charge in [-0.25, -0.2) is 14.3 Å². The molecule has 0 fully saturated rings. The van der Waals surface area contributed by atoms with Crippen LogP contribution in [0.2, 0.25) is 0 Å². The average Bonchev–Trinajstić information content (AvgIpc) is 2.37. The van der Waals surface area contributed by atoms with E-state index < -0.39 is 15.9 Å². The second-order valence-electron chi connectivity index (χ2n) is 4.43. The number of nitrogens with two attached hydrogens (primary N) is 1. The average molecular weight is 285 g/mol. The highest BCUT2D eigenvalue weighted by Crippen LogP contribution is 2.19. The number of likely N-dealkylation sites (N-methyl/N-ethyl adjacent to an activating group) is 1. The van der Waals surface area contributed by atoms with Gasteiger partial charge in [0.2, 0.25) is 0 Å². The number of hydrogen-bond donors (Lipinski definition) is 2. The van der Waals surface area contributed by atoms with Crippen LogP contribution in [0.25, 0.3) is 0 Å². The molecule has 1 amide bonds. The Labute approximate surface area is 113 Å². The van der Waals surface area contributed by atoms with Gasteiger partial charge in [-0.15, -0.1) is 0 Å². The minimum absolute atomic E-state index is 0.00924. The number of nitrogens with zero attached hydrogens (tertiary/aromatic N) is 1. The molecule has 1 aromatic carbocycles. The normalized spacial score (nSPS) is 13.3. The maximum absolute atomic E-state index is 11.9. The van der Waals surface area contributed by atoms with E-state index in [0.29, 0.717) is 0 Å². The molecule has 1 rings (SSSR count). The molecule has 0 saturated heterocycles. The highest BCUT2D eigenvalue weighted by molar-refractivity contribution is 7.90. The minimum Gasteiger partial charge on any atom is -0.293 e. The van der Waals surface area contributed by atoms with Crippen LogP contribution in [0.5, 0.6) is 0 Å². The van der Waals surface area contributed by atoms with Crippen LogP contribution in [-0.2, 0) is 14.6 Å². The monoisotopic (exact) mass is 285 g/mol. The number of carbonyl (C=O) groups is 1. The van der Waals surface area contributed by atoms with Crippen molar-refractivity contribution >= 4 is 15.7 Å². The van der Waals surface area contributed by atoms with Crippen molar-refractivity contribution in [2.24, 2.45) is 5.84 Å². The lowest BCUT2D eigenvalue weighted by Gasteiger charge is -2.26. The van der Waals surface area contributed by atoms with Gasteiger partial charge in [-0.05, 0) is 12.6 Å². The summed E-state index contributed by atoms with van der Waals surface area (Å²) < 4.78 is 22.4. The lowest BCUT2D eigenvalue weighted by atomic mass is 10.1. The Morgan fingerprint density at radius 1 is 1.37 bits per heavy atom. The standard InChI is InChI=1S/C12H19N3O3S/c1-15(8-9-19(2,17)18)11(12(16)14-13)10-6-4-3-5-7-10/h3-7,11H,8-9,13H2,1-2H3,(H,14,16). The summed E-state index contributed by atoms with van der Waals surface area (Å²) in [5.41, 5.74) is 2.88. The number of rotatable bonds is 6. The molecule has 0 bridgehead atoms. The molecule has 0 aliphatic heterocycles. The number of hydrazine groups is 1. The highest BCUT2D eigenvalue weighted by Gasteiger charge is 2.24. The van der Waals surface area contributed by atoms with Gasteiger partial charge in [-0.3, -0.25) is 15.1 Å². The first kappa shape index (κ1) is 15.6. The van der Waals surface area contributed by atoms with Crippen molar-refractivity contribution in [3.63, 3.8) is 0 Å². The summed E-state index contributed by atoms with van der Waals surface area (Å²) in [6, 6.07) is 8.48. The largest absolute Gasteiger partial charge is 0.293 e. The Morgan fingerprint density at radius 2 is 1.95 bits per heavy atom. The van der Waals surface area contributed by atoms with Crippen molar-refractivity contribution < 1.29 is 13.2 Å². The van der Waals surface area contributed by atoms with Gasteiger partial charge >= 0.3 is 0 Å². The van der Waals surface area contributed by atoms with Gasteiger partial charge in [-0.1, -0.05) is 30.3 Å². The van der Waals surface area contributed by atoms with Gasteiger partial charge in [0.1, 0.15) is 15.9 Å². The minimum atomic E-state index is -3.07. The summed E-state index contributed by atoms with van der Waals surface area (Å²) in [5, 5.41) is 0. The number of amides is 1. The van der Waals surface area contributed by atoms with Gasteiger partial charge in [0.05, 0.1) is 5.75 Å². The van der Waals surface area contributed by atoms with Crippen LogP contribution in [0.4, 0.5) is 0 Å². The molecule has 0 aliphatic rings. The van der Waals surface area contributed by atoms with E-state index in [9.17, 15) is 13.2 Å². The topological polar surface area (TPSA) is 92.5 Å². The Kier molecular flexibility index (Phi) is 5.46. The van der Waals surface area contributed by atoms with E-state index in [0.717, 1.165) is 5.56 Å². The molecule has 106 valence electrons. The Hall–Kier alpha value is -1.44. The number of benzene rings is 1. The van der Waals surface area contributed by atoms with Crippen LogP contribution < -0.4 is 11.3 Å². The third-order valence-electron chi connectivity index (χ3n) is 2.76. The van der Waals surface area contributed by atoms with Crippen molar-refractivity contribution in [2.75, 3.05) is 25.6 Å². The summed E-state index contributed by atoms with van der Waals surface area (Å²) in [6.45, 7) is 0.256. The molecule has 0 aromatic heterocycles. The van der Waals surface area contributed by atoms with E-state index in [1.54, 1.807) is 24.1 Å². The zero-order valence-corrected chi connectivity index (χ0v) is 11.9. The van der Waals surface area contributed by atoms with E-state index in [4.69, 9.17) is 5.84 Å². The fourth-order valence-electron chi connectivity index (χ4n) is 1.76. The molecule has 0 saturated carbocycles. The summed E-state index contributed by atoms with van der Waals surface area (Å²) >= 11 is 0. The molecule has 1 aromatic rings. The molecule has 1 unspecified atom stereocenters. The highest BCUT2D eigenvalue weighted by atomic mass is 32.2. The quantitative estimate of drug-likeness (QED) is 0.425. The Balaban J connectivity index is 2.89. The maximum Gasteiger partial charge on any atom is 0.255 e. The zero-order chi connectivity index (χ0) is 14.5. The van der Waals surface area contributed by atoms with Crippen LogP contribution in [0, 0.1) is 0 Å². The first-order chi connectivity index (χ1) is 8.85. The summed E-state index contributed by atoms with van der Waals surface area (Å²) in [5.74, 6) is 4.80. The fraction of sp³-hybridized carbons (Fsp3) is 0.417. The van der Waals surface area contributed by atoms with E-state index in [-0.39, 0.29) is 18.2 Å². The van der Waals surface area contributed by atoms with E-state index in [2.05, 4.69) is 5.43 Å². The smallest absolute Gasteiger partial charge is 0.255 e. The van der Waals surface area contributed by atoms with Crippen molar-refractivity contribution in [1.29, 1.82) is 0 Å². The zero-order valence-electron chi connectivity index (χ0n) is 11.0. The predicted molar refractivity (Wildman–Crippen MR) is 73.9 cm³/mol. The summed E-state index contributed by atoms with van der Waals surface area (Å²) in [7, 11) is -1.38. The second-order valence-corrected chi connectivity index (χ2v) is 6.69. The Morgan fingerprint density at radius 3 is 2.42 bits per heavy atom.